The molecule has 3 aromatic carbocycles. The maximum Gasteiger partial charge on any atom is 0.257 e. The molecule has 3 N–H and O–H groups in total. The van der Waals surface area contributed by atoms with Crippen molar-refractivity contribution in [3.8, 4) is 22.9 Å². The smallest absolute Gasteiger partial charge is 0.257 e. The van der Waals surface area contributed by atoms with Crippen molar-refractivity contribution in [2.75, 3.05) is 5.32 Å². The van der Waals surface area contributed by atoms with Gasteiger partial charge in [0.15, 0.2) is 5.82 Å². The first-order valence-electron chi connectivity index (χ1n) is 8.97. The number of ether oxygens (including phenoxy) is 1. The SMILES string of the molecule is NC(=O)c1ccc(Oc2ccc(C(=O)Nc3nc(-c4ccccc4)ns3)cc2)cc1. The Morgan fingerprint density at radius 1 is 0.833 bits per heavy atom. The van der Waals surface area contributed by atoms with Gasteiger partial charge in [0, 0.05) is 28.2 Å². The molecule has 7 nitrogen and oxygen atoms in total. The van der Waals surface area contributed by atoms with Gasteiger partial charge in [-0.2, -0.15) is 9.36 Å². The van der Waals surface area contributed by atoms with Crippen LogP contribution in [-0.2, 0) is 0 Å². The standard InChI is InChI=1S/C22H16N4O3S/c23-19(27)14-6-10-17(11-7-14)29-18-12-8-16(9-13-18)21(28)25-22-24-20(26-30-22)15-4-2-1-3-5-15/h1-13H,(H2,23,27)(H,24,25,26,28). The van der Waals surface area contributed by atoms with Crippen molar-refractivity contribution in [3.05, 3.63) is 90.0 Å². The summed E-state index contributed by atoms with van der Waals surface area (Å²) in [5, 5.41) is 3.18. The van der Waals surface area contributed by atoms with Crippen LogP contribution in [0.25, 0.3) is 11.4 Å². The molecule has 0 spiro atoms. The van der Waals surface area contributed by atoms with E-state index in [2.05, 4.69) is 14.7 Å². The third kappa shape index (κ3) is 4.50. The van der Waals surface area contributed by atoms with E-state index in [9.17, 15) is 9.59 Å². The Balaban J connectivity index is 1.39. The van der Waals surface area contributed by atoms with Crippen LogP contribution in [0.3, 0.4) is 0 Å². The number of rotatable bonds is 6. The number of primary amides is 1. The number of hydrogen-bond acceptors (Lipinski definition) is 6. The number of anilines is 1. The first kappa shape index (κ1) is 19.3. The van der Waals surface area contributed by atoms with Gasteiger partial charge < -0.3 is 10.5 Å². The van der Waals surface area contributed by atoms with Gasteiger partial charge in [-0.1, -0.05) is 30.3 Å². The van der Waals surface area contributed by atoms with Crippen molar-refractivity contribution in [2.45, 2.75) is 0 Å². The number of nitrogens with zero attached hydrogens (tertiary/aromatic N) is 2. The average Bonchev–Trinajstić information content (AvgIpc) is 3.24. The highest BCUT2D eigenvalue weighted by atomic mass is 32.1. The quantitative estimate of drug-likeness (QED) is 0.486. The molecule has 0 saturated heterocycles. The van der Waals surface area contributed by atoms with Crippen LogP contribution < -0.4 is 15.8 Å². The molecule has 1 aromatic heterocycles. The zero-order chi connectivity index (χ0) is 20.9. The molecule has 1 heterocycles. The van der Waals surface area contributed by atoms with Crippen molar-refractivity contribution in [1.29, 1.82) is 0 Å². The monoisotopic (exact) mass is 416 g/mol. The normalized spacial score (nSPS) is 10.4. The molecule has 0 saturated carbocycles. The summed E-state index contributed by atoms with van der Waals surface area (Å²) >= 11 is 1.12. The summed E-state index contributed by atoms with van der Waals surface area (Å²) < 4.78 is 9.99. The van der Waals surface area contributed by atoms with E-state index in [1.165, 1.54) is 0 Å². The van der Waals surface area contributed by atoms with E-state index in [4.69, 9.17) is 10.5 Å². The van der Waals surface area contributed by atoms with Gasteiger partial charge in [-0.3, -0.25) is 14.9 Å². The van der Waals surface area contributed by atoms with Crippen molar-refractivity contribution in [2.24, 2.45) is 5.73 Å². The molecule has 0 radical (unpaired) electrons. The molecule has 30 heavy (non-hydrogen) atoms. The molecule has 0 bridgehead atoms. The maximum atomic E-state index is 12.5. The maximum absolute atomic E-state index is 12.5. The highest BCUT2D eigenvalue weighted by molar-refractivity contribution is 7.10. The number of aromatic nitrogens is 2. The molecule has 148 valence electrons. The van der Waals surface area contributed by atoms with Gasteiger partial charge in [-0.15, -0.1) is 0 Å². The molecule has 0 aliphatic heterocycles. The summed E-state index contributed by atoms with van der Waals surface area (Å²) in [7, 11) is 0. The Hall–Kier alpha value is -4.04. The van der Waals surface area contributed by atoms with Crippen LogP contribution in [0.2, 0.25) is 0 Å². The van der Waals surface area contributed by atoms with Crippen LogP contribution in [0, 0.1) is 0 Å². The van der Waals surface area contributed by atoms with E-state index < -0.39 is 5.91 Å². The molecule has 0 unspecified atom stereocenters. The number of nitrogens with two attached hydrogens (primary N) is 1. The molecule has 0 atom stereocenters. The highest BCUT2D eigenvalue weighted by Crippen LogP contribution is 2.24. The fourth-order valence-corrected chi connectivity index (χ4v) is 3.23. The Bertz CT molecular complexity index is 1170. The number of benzene rings is 3. The van der Waals surface area contributed by atoms with Crippen molar-refractivity contribution < 1.29 is 14.3 Å². The van der Waals surface area contributed by atoms with Crippen LogP contribution in [0.4, 0.5) is 5.13 Å². The fraction of sp³-hybridized carbons (Fsp3) is 0. The molecule has 0 aliphatic rings. The third-order valence-electron chi connectivity index (χ3n) is 4.17. The van der Waals surface area contributed by atoms with E-state index in [0.717, 1.165) is 17.1 Å². The lowest BCUT2D eigenvalue weighted by atomic mass is 10.2. The molecule has 2 amide bonds. The highest BCUT2D eigenvalue weighted by Gasteiger charge is 2.11. The average molecular weight is 416 g/mol. The number of carbonyl (C=O) groups is 2. The van der Waals surface area contributed by atoms with E-state index in [-0.39, 0.29) is 5.91 Å². The van der Waals surface area contributed by atoms with Crippen LogP contribution in [0.15, 0.2) is 78.9 Å². The van der Waals surface area contributed by atoms with Gasteiger partial charge in [0.05, 0.1) is 0 Å². The zero-order valence-corrected chi connectivity index (χ0v) is 16.4. The Morgan fingerprint density at radius 2 is 1.43 bits per heavy atom. The minimum Gasteiger partial charge on any atom is -0.457 e. The summed E-state index contributed by atoms with van der Waals surface area (Å²) in [5.41, 5.74) is 6.98. The zero-order valence-electron chi connectivity index (χ0n) is 15.6. The Kier molecular flexibility index (Phi) is 5.49. The number of carbonyl (C=O) groups excluding carboxylic acids is 2. The molecule has 0 aliphatic carbocycles. The topological polar surface area (TPSA) is 107 Å². The second-order valence-electron chi connectivity index (χ2n) is 6.26. The van der Waals surface area contributed by atoms with Gasteiger partial charge in [0.2, 0.25) is 11.0 Å². The largest absolute Gasteiger partial charge is 0.457 e. The van der Waals surface area contributed by atoms with Gasteiger partial charge in [-0.05, 0) is 48.5 Å². The Labute approximate surface area is 176 Å². The second-order valence-corrected chi connectivity index (χ2v) is 7.01. The van der Waals surface area contributed by atoms with Crippen LogP contribution in [0.5, 0.6) is 11.5 Å². The number of nitrogens with one attached hydrogen (secondary N) is 1. The molecule has 0 fully saturated rings. The predicted octanol–water partition coefficient (Wildman–Crippen LogP) is 4.35. The van der Waals surface area contributed by atoms with Crippen LogP contribution >= 0.6 is 11.5 Å². The minimum absolute atomic E-state index is 0.289. The van der Waals surface area contributed by atoms with Crippen molar-refractivity contribution in [3.63, 3.8) is 0 Å². The second kappa shape index (κ2) is 8.54. The molecular formula is C22H16N4O3S. The minimum atomic E-state index is -0.497. The van der Waals surface area contributed by atoms with E-state index in [1.807, 2.05) is 30.3 Å². The lowest BCUT2D eigenvalue weighted by Crippen LogP contribution is -2.11. The van der Waals surface area contributed by atoms with Crippen molar-refractivity contribution in [1.82, 2.24) is 9.36 Å². The van der Waals surface area contributed by atoms with Crippen LogP contribution in [0.1, 0.15) is 20.7 Å². The van der Waals surface area contributed by atoms with E-state index >= 15 is 0 Å². The van der Waals surface area contributed by atoms with Crippen LogP contribution in [-0.4, -0.2) is 21.2 Å². The molecule has 8 heteroatoms. The predicted molar refractivity (Wildman–Crippen MR) is 115 cm³/mol. The van der Waals surface area contributed by atoms with Gasteiger partial charge >= 0.3 is 0 Å². The third-order valence-corrected chi connectivity index (χ3v) is 4.80. The van der Waals surface area contributed by atoms with E-state index in [1.54, 1.807) is 48.5 Å². The first-order chi connectivity index (χ1) is 14.6. The number of hydrogen-bond donors (Lipinski definition) is 2. The fourth-order valence-electron chi connectivity index (χ4n) is 2.65. The summed E-state index contributed by atoms with van der Waals surface area (Å²) in [6.07, 6.45) is 0. The molecule has 4 aromatic rings. The first-order valence-corrected chi connectivity index (χ1v) is 9.74. The summed E-state index contributed by atoms with van der Waals surface area (Å²) in [6.45, 7) is 0. The van der Waals surface area contributed by atoms with E-state index in [0.29, 0.717) is 33.6 Å². The van der Waals surface area contributed by atoms with Gasteiger partial charge in [-0.25, -0.2) is 0 Å². The lowest BCUT2D eigenvalue weighted by molar-refractivity contribution is 0.0997. The Morgan fingerprint density at radius 3 is 2.03 bits per heavy atom. The van der Waals surface area contributed by atoms with Crippen molar-refractivity contribution >= 4 is 28.5 Å². The van der Waals surface area contributed by atoms with Gasteiger partial charge in [0.25, 0.3) is 5.91 Å². The molecular weight excluding hydrogens is 400 g/mol. The molecule has 4 rings (SSSR count). The summed E-state index contributed by atoms with van der Waals surface area (Å²) in [4.78, 5) is 27.9. The summed E-state index contributed by atoms with van der Waals surface area (Å²) in [6, 6.07) is 22.7. The number of amides is 2. The lowest BCUT2D eigenvalue weighted by Gasteiger charge is -2.07. The summed E-state index contributed by atoms with van der Waals surface area (Å²) in [5.74, 6) is 0.897. The van der Waals surface area contributed by atoms with Gasteiger partial charge in [0.1, 0.15) is 11.5 Å².